The van der Waals surface area contributed by atoms with Crippen LogP contribution in [0.3, 0.4) is 0 Å². The topological polar surface area (TPSA) is 57.0 Å². The summed E-state index contributed by atoms with van der Waals surface area (Å²) in [5.41, 5.74) is 7.73. The second kappa shape index (κ2) is 3.13. The van der Waals surface area contributed by atoms with Crippen molar-refractivity contribution in [1.82, 2.24) is 9.72 Å². The van der Waals surface area contributed by atoms with Crippen LogP contribution in [0.25, 0.3) is 22.2 Å². The van der Waals surface area contributed by atoms with Gasteiger partial charge < -0.3 is 14.8 Å². The summed E-state index contributed by atoms with van der Waals surface area (Å²) < 4.78 is 7.25. The highest BCUT2D eigenvalue weighted by molar-refractivity contribution is 5.94. The van der Waals surface area contributed by atoms with Gasteiger partial charge in [0.25, 0.3) is 0 Å². The van der Waals surface area contributed by atoms with E-state index in [-0.39, 0.29) is 0 Å². The highest BCUT2D eigenvalue weighted by Crippen LogP contribution is 2.29. The maximum Gasteiger partial charge on any atom is 0.169 e. The fourth-order valence-corrected chi connectivity index (χ4v) is 1.93. The fraction of sp³-hybridized carbons (Fsp3) is 0.0833. The molecule has 2 heterocycles. The van der Waals surface area contributed by atoms with Crippen molar-refractivity contribution >= 4 is 16.7 Å². The summed E-state index contributed by atoms with van der Waals surface area (Å²) in [5, 5.41) is 4.84. The summed E-state index contributed by atoms with van der Waals surface area (Å²) in [6.45, 7) is 0. The molecule has 0 radical (unpaired) electrons. The van der Waals surface area contributed by atoms with E-state index in [1.807, 2.05) is 25.4 Å². The molecule has 4 heteroatoms. The van der Waals surface area contributed by atoms with Crippen molar-refractivity contribution in [2.75, 3.05) is 5.73 Å². The molecule has 0 saturated carbocycles. The van der Waals surface area contributed by atoms with Crippen molar-refractivity contribution in [3.63, 3.8) is 0 Å². The van der Waals surface area contributed by atoms with Gasteiger partial charge in [-0.1, -0.05) is 17.3 Å². The molecule has 16 heavy (non-hydrogen) atoms. The molecule has 80 valence electrons. The van der Waals surface area contributed by atoms with E-state index in [1.54, 1.807) is 6.07 Å². The Bertz CT molecular complexity index is 651. The largest absolute Gasteiger partial charge is 0.381 e. The average Bonchev–Trinajstić information content (AvgIpc) is 2.86. The fourth-order valence-electron chi connectivity index (χ4n) is 1.93. The number of hydrogen-bond acceptors (Lipinski definition) is 3. The molecule has 0 spiro atoms. The van der Waals surface area contributed by atoms with E-state index < -0.39 is 0 Å². The first kappa shape index (κ1) is 9.03. The molecule has 1 aromatic carbocycles. The molecule has 3 aromatic rings. The minimum atomic E-state index is 0.405. The van der Waals surface area contributed by atoms with Crippen LogP contribution >= 0.6 is 0 Å². The van der Waals surface area contributed by atoms with Gasteiger partial charge in [-0.15, -0.1) is 0 Å². The van der Waals surface area contributed by atoms with E-state index in [4.69, 9.17) is 10.3 Å². The van der Waals surface area contributed by atoms with E-state index in [9.17, 15) is 0 Å². The summed E-state index contributed by atoms with van der Waals surface area (Å²) in [6.07, 6.45) is 2.02. The first-order valence-corrected chi connectivity index (χ1v) is 5.02. The molecule has 2 N–H and O–H groups in total. The van der Waals surface area contributed by atoms with Crippen LogP contribution in [0.15, 0.2) is 41.1 Å². The van der Waals surface area contributed by atoms with Crippen molar-refractivity contribution in [1.29, 1.82) is 0 Å². The first-order chi connectivity index (χ1) is 7.75. The molecular formula is C12H11N3O. The SMILES string of the molecule is Cn1ccc2c(-c3cc(N)no3)cccc21. The van der Waals surface area contributed by atoms with Crippen LogP contribution in [0.5, 0.6) is 0 Å². The molecule has 0 bridgehead atoms. The number of fused-ring (bicyclic) bond motifs is 1. The Balaban J connectivity index is 2.31. The van der Waals surface area contributed by atoms with E-state index in [0.717, 1.165) is 16.5 Å². The van der Waals surface area contributed by atoms with Gasteiger partial charge in [-0.3, -0.25) is 0 Å². The number of aryl methyl sites for hydroxylation is 1. The number of rotatable bonds is 1. The van der Waals surface area contributed by atoms with Crippen molar-refractivity contribution in [2.45, 2.75) is 0 Å². The van der Waals surface area contributed by atoms with Gasteiger partial charge in [0.15, 0.2) is 11.6 Å². The number of aromatic nitrogens is 2. The maximum atomic E-state index is 5.56. The number of nitrogens with zero attached hydrogens (tertiary/aromatic N) is 2. The second-order valence-electron chi connectivity index (χ2n) is 3.78. The van der Waals surface area contributed by atoms with Gasteiger partial charge in [0, 0.05) is 35.8 Å². The van der Waals surface area contributed by atoms with Crippen molar-refractivity contribution in [2.24, 2.45) is 7.05 Å². The first-order valence-electron chi connectivity index (χ1n) is 5.02. The predicted octanol–water partition coefficient (Wildman–Crippen LogP) is 2.42. The van der Waals surface area contributed by atoms with Gasteiger partial charge in [-0.25, -0.2) is 0 Å². The molecule has 0 aliphatic heterocycles. The Morgan fingerprint density at radius 2 is 2.19 bits per heavy atom. The molecule has 3 rings (SSSR count). The number of benzene rings is 1. The van der Waals surface area contributed by atoms with Gasteiger partial charge in [-0.2, -0.15) is 0 Å². The minimum absolute atomic E-state index is 0.405. The highest BCUT2D eigenvalue weighted by atomic mass is 16.5. The van der Waals surface area contributed by atoms with Crippen LogP contribution < -0.4 is 5.73 Å². The number of anilines is 1. The molecule has 0 atom stereocenters. The van der Waals surface area contributed by atoms with Gasteiger partial charge >= 0.3 is 0 Å². The van der Waals surface area contributed by atoms with E-state index in [1.165, 1.54) is 0 Å². The Morgan fingerprint density at radius 3 is 2.94 bits per heavy atom. The second-order valence-corrected chi connectivity index (χ2v) is 3.78. The lowest BCUT2D eigenvalue weighted by atomic mass is 10.1. The van der Waals surface area contributed by atoms with E-state index in [2.05, 4.69) is 21.9 Å². The Labute approximate surface area is 92.3 Å². The van der Waals surface area contributed by atoms with Crippen LogP contribution in [0, 0.1) is 0 Å². The Hall–Kier alpha value is -2.23. The Morgan fingerprint density at radius 1 is 1.31 bits per heavy atom. The monoisotopic (exact) mass is 213 g/mol. The average molecular weight is 213 g/mol. The Kier molecular flexibility index (Phi) is 1.77. The van der Waals surface area contributed by atoms with Crippen LogP contribution in [-0.2, 0) is 7.05 Å². The quantitative estimate of drug-likeness (QED) is 0.675. The lowest BCUT2D eigenvalue weighted by molar-refractivity contribution is 0.436. The van der Waals surface area contributed by atoms with Gasteiger partial charge in [0.1, 0.15) is 0 Å². The number of hydrogen-bond donors (Lipinski definition) is 1. The van der Waals surface area contributed by atoms with Crippen molar-refractivity contribution in [3.05, 3.63) is 36.5 Å². The minimum Gasteiger partial charge on any atom is -0.381 e. The lowest BCUT2D eigenvalue weighted by Gasteiger charge is -1.99. The molecule has 0 aliphatic rings. The summed E-state index contributed by atoms with van der Waals surface area (Å²) in [5.74, 6) is 1.11. The molecule has 2 aromatic heterocycles. The predicted molar refractivity (Wildman–Crippen MR) is 62.8 cm³/mol. The zero-order valence-corrected chi connectivity index (χ0v) is 8.84. The molecule has 0 fully saturated rings. The molecule has 4 nitrogen and oxygen atoms in total. The summed E-state index contributed by atoms with van der Waals surface area (Å²) in [4.78, 5) is 0. The standard InChI is InChI=1S/C12H11N3O/c1-15-6-5-8-9(3-2-4-10(8)15)11-7-12(13)14-16-11/h2-7H,1H3,(H2,13,14). The van der Waals surface area contributed by atoms with Crippen molar-refractivity contribution < 1.29 is 4.52 Å². The summed E-state index contributed by atoms with van der Waals surface area (Å²) in [7, 11) is 2.01. The van der Waals surface area contributed by atoms with Crippen molar-refractivity contribution in [3.8, 4) is 11.3 Å². The maximum absolute atomic E-state index is 5.56. The zero-order chi connectivity index (χ0) is 11.1. The molecule has 0 aliphatic carbocycles. The van der Waals surface area contributed by atoms with Crippen LogP contribution in [-0.4, -0.2) is 9.72 Å². The van der Waals surface area contributed by atoms with Crippen LogP contribution in [0.2, 0.25) is 0 Å². The lowest BCUT2D eigenvalue weighted by Crippen LogP contribution is -1.84. The smallest absolute Gasteiger partial charge is 0.169 e. The van der Waals surface area contributed by atoms with E-state index >= 15 is 0 Å². The van der Waals surface area contributed by atoms with Crippen LogP contribution in [0.4, 0.5) is 5.82 Å². The third-order valence-electron chi connectivity index (χ3n) is 2.72. The molecular weight excluding hydrogens is 202 g/mol. The normalized spacial score (nSPS) is 11.1. The van der Waals surface area contributed by atoms with Gasteiger partial charge in [0.2, 0.25) is 0 Å². The third kappa shape index (κ3) is 1.20. The highest BCUT2D eigenvalue weighted by Gasteiger charge is 2.09. The molecule has 0 saturated heterocycles. The third-order valence-corrected chi connectivity index (χ3v) is 2.72. The van der Waals surface area contributed by atoms with Gasteiger partial charge in [0.05, 0.1) is 0 Å². The van der Waals surface area contributed by atoms with E-state index in [0.29, 0.717) is 11.6 Å². The summed E-state index contributed by atoms with van der Waals surface area (Å²) >= 11 is 0. The number of nitrogen functional groups attached to an aromatic ring is 1. The van der Waals surface area contributed by atoms with Gasteiger partial charge in [-0.05, 0) is 12.1 Å². The zero-order valence-electron chi connectivity index (χ0n) is 8.84. The number of nitrogens with two attached hydrogens (primary N) is 1. The molecule has 0 amide bonds. The van der Waals surface area contributed by atoms with Crippen LogP contribution in [0.1, 0.15) is 0 Å². The summed E-state index contributed by atoms with van der Waals surface area (Å²) in [6, 6.07) is 9.86. The molecule has 0 unspecified atom stereocenters.